The van der Waals surface area contributed by atoms with Crippen molar-refractivity contribution in [2.75, 3.05) is 13.2 Å². The maximum absolute atomic E-state index is 14.3. The van der Waals surface area contributed by atoms with Gasteiger partial charge in [0.15, 0.2) is 17.3 Å². The van der Waals surface area contributed by atoms with Crippen molar-refractivity contribution in [1.29, 1.82) is 0 Å². The van der Waals surface area contributed by atoms with Crippen LogP contribution in [-0.4, -0.2) is 31.0 Å². The maximum atomic E-state index is 14.3. The lowest BCUT2D eigenvalue weighted by Gasteiger charge is -2.16. The Hall–Kier alpha value is -1.91. The van der Waals surface area contributed by atoms with E-state index in [0.29, 0.717) is 25.4 Å². The monoisotopic (exact) mass is 310 g/mol. The highest BCUT2D eigenvalue weighted by molar-refractivity contribution is 6.15. The zero-order valence-electron chi connectivity index (χ0n) is 13.5. The van der Waals surface area contributed by atoms with E-state index in [1.807, 2.05) is 0 Å². The molecular formula is C17H23FO4. The van der Waals surface area contributed by atoms with Gasteiger partial charge in [0.2, 0.25) is 12.0 Å². The summed E-state index contributed by atoms with van der Waals surface area (Å²) in [7, 11) is 0. The predicted molar refractivity (Wildman–Crippen MR) is 82.5 cm³/mol. The lowest BCUT2D eigenvalue weighted by molar-refractivity contribution is -0.125. The van der Waals surface area contributed by atoms with Gasteiger partial charge in [0.05, 0.1) is 18.8 Å². The number of hydrogen-bond donors (Lipinski definition) is 0. The number of carbonyl (C=O) groups is 2. The van der Waals surface area contributed by atoms with E-state index in [2.05, 4.69) is 0 Å². The highest BCUT2D eigenvalue weighted by Crippen LogP contribution is 2.33. The average Bonchev–Trinajstić information content (AvgIpc) is 2.54. The van der Waals surface area contributed by atoms with Crippen LogP contribution in [0.2, 0.25) is 0 Å². The molecule has 0 amide bonds. The van der Waals surface area contributed by atoms with Gasteiger partial charge >= 0.3 is 0 Å². The number of ketones is 2. The van der Waals surface area contributed by atoms with E-state index in [9.17, 15) is 14.0 Å². The Kier molecular flexibility index (Phi) is 7.02. The number of alkyl halides is 1. The zero-order chi connectivity index (χ0) is 16.7. The number of carbonyl (C=O) groups excluding carboxylic acids is 2. The molecule has 22 heavy (non-hydrogen) atoms. The summed E-state index contributed by atoms with van der Waals surface area (Å²) in [5.41, 5.74) is 0.0388. The predicted octanol–water partition coefficient (Wildman–Crippen LogP) is 3.62. The van der Waals surface area contributed by atoms with Crippen molar-refractivity contribution in [2.45, 2.75) is 40.3 Å². The summed E-state index contributed by atoms with van der Waals surface area (Å²) >= 11 is 0. The fourth-order valence-corrected chi connectivity index (χ4v) is 1.99. The van der Waals surface area contributed by atoms with E-state index in [0.717, 1.165) is 0 Å². The molecule has 0 N–H and O–H groups in total. The Morgan fingerprint density at radius 1 is 1.14 bits per heavy atom. The van der Waals surface area contributed by atoms with Gasteiger partial charge < -0.3 is 9.47 Å². The van der Waals surface area contributed by atoms with Crippen LogP contribution in [-0.2, 0) is 4.79 Å². The second-order valence-electron chi connectivity index (χ2n) is 4.94. The standard InChI is InChI=1S/C17H23FO4/c1-5-11(4)15(19)14(18)16(20)12-9-8-10-13(21-6-2)17(12)22-7-3/h8-11,14H,5-7H2,1-4H3. The molecular weight excluding hydrogens is 287 g/mol. The van der Waals surface area contributed by atoms with Gasteiger partial charge in [0.1, 0.15) is 0 Å². The summed E-state index contributed by atoms with van der Waals surface area (Å²) < 4.78 is 25.1. The third-order valence-corrected chi connectivity index (χ3v) is 3.41. The Labute approximate surface area is 130 Å². The minimum Gasteiger partial charge on any atom is -0.490 e. The number of benzene rings is 1. The molecule has 122 valence electrons. The summed E-state index contributed by atoms with van der Waals surface area (Å²) in [6.07, 6.45) is -1.69. The van der Waals surface area contributed by atoms with Crippen molar-refractivity contribution < 1.29 is 23.5 Å². The van der Waals surface area contributed by atoms with Gasteiger partial charge in [0.25, 0.3) is 0 Å². The molecule has 0 fully saturated rings. The molecule has 0 bridgehead atoms. The molecule has 0 saturated heterocycles. The van der Waals surface area contributed by atoms with Gasteiger partial charge in [-0.2, -0.15) is 0 Å². The van der Waals surface area contributed by atoms with Crippen LogP contribution in [0, 0.1) is 5.92 Å². The van der Waals surface area contributed by atoms with Gasteiger partial charge in [-0.25, -0.2) is 4.39 Å². The molecule has 4 nitrogen and oxygen atoms in total. The first-order chi connectivity index (χ1) is 10.5. The van der Waals surface area contributed by atoms with E-state index in [-0.39, 0.29) is 11.3 Å². The van der Waals surface area contributed by atoms with Crippen LogP contribution in [0.1, 0.15) is 44.5 Å². The molecule has 0 heterocycles. The molecule has 0 aliphatic carbocycles. The quantitative estimate of drug-likeness (QED) is 0.516. The summed E-state index contributed by atoms with van der Waals surface area (Å²) in [4.78, 5) is 24.2. The molecule has 2 unspecified atom stereocenters. The Morgan fingerprint density at radius 3 is 2.32 bits per heavy atom. The number of para-hydroxylation sites is 1. The van der Waals surface area contributed by atoms with E-state index in [4.69, 9.17) is 9.47 Å². The third-order valence-electron chi connectivity index (χ3n) is 3.41. The summed E-state index contributed by atoms with van der Waals surface area (Å²) in [6.45, 7) is 7.65. The second-order valence-corrected chi connectivity index (χ2v) is 4.94. The molecule has 0 aliphatic heterocycles. The first kappa shape index (κ1) is 18.1. The summed E-state index contributed by atoms with van der Waals surface area (Å²) in [5, 5.41) is 0. The van der Waals surface area contributed by atoms with E-state index < -0.39 is 23.7 Å². The number of rotatable bonds is 9. The van der Waals surface area contributed by atoms with Crippen molar-refractivity contribution in [1.82, 2.24) is 0 Å². The third kappa shape index (κ3) is 4.06. The van der Waals surface area contributed by atoms with Crippen molar-refractivity contribution >= 4 is 11.6 Å². The minimum atomic E-state index is -2.17. The van der Waals surface area contributed by atoms with Crippen LogP contribution in [0.3, 0.4) is 0 Å². The smallest absolute Gasteiger partial charge is 0.221 e. The molecule has 0 radical (unpaired) electrons. The lowest BCUT2D eigenvalue weighted by Crippen LogP contribution is -2.30. The number of ether oxygens (including phenoxy) is 2. The van der Waals surface area contributed by atoms with Crippen molar-refractivity contribution in [3.63, 3.8) is 0 Å². The Balaban J connectivity index is 3.16. The van der Waals surface area contributed by atoms with Gasteiger partial charge in [0, 0.05) is 5.92 Å². The zero-order valence-corrected chi connectivity index (χ0v) is 13.5. The second kappa shape index (κ2) is 8.51. The minimum absolute atomic E-state index is 0.0388. The topological polar surface area (TPSA) is 52.6 Å². The van der Waals surface area contributed by atoms with Crippen LogP contribution in [0.25, 0.3) is 0 Å². The highest BCUT2D eigenvalue weighted by atomic mass is 19.1. The molecule has 1 rings (SSSR count). The van der Waals surface area contributed by atoms with Crippen LogP contribution in [0.15, 0.2) is 18.2 Å². The van der Waals surface area contributed by atoms with Gasteiger partial charge in [-0.05, 0) is 32.4 Å². The SMILES string of the molecule is CCOc1cccc(C(=O)C(F)C(=O)C(C)CC)c1OCC. The fourth-order valence-electron chi connectivity index (χ4n) is 1.99. The number of Topliss-reactive ketones (excluding diaryl/α,β-unsaturated/α-hetero) is 2. The van der Waals surface area contributed by atoms with E-state index in [1.54, 1.807) is 39.8 Å². The molecule has 0 spiro atoms. The van der Waals surface area contributed by atoms with Crippen molar-refractivity contribution in [2.24, 2.45) is 5.92 Å². The normalized spacial score (nSPS) is 13.3. The summed E-state index contributed by atoms with van der Waals surface area (Å²) in [6, 6.07) is 4.68. The van der Waals surface area contributed by atoms with Crippen LogP contribution in [0.4, 0.5) is 4.39 Å². The summed E-state index contributed by atoms with van der Waals surface area (Å²) in [5.74, 6) is -1.51. The van der Waals surface area contributed by atoms with E-state index in [1.165, 1.54) is 6.07 Å². The molecule has 0 saturated carbocycles. The fraction of sp³-hybridized carbons (Fsp3) is 0.529. The number of halogens is 1. The molecule has 2 atom stereocenters. The van der Waals surface area contributed by atoms with Gasteiger partial charge in [-0.1, -0.05) is 19.9 Å². The molecule has 0 aromatic heterocycles. The lowest BCUT2D eigenvalue weighted by atomic mass is 9.94. The molecule has 1 aromatic rings. The first-order valence-electron chi connectivity index (χ1n) is 7.58. The Morgan fingerprint density at radius 2 is 1.77 bits per heavy atom. The highest BCUT2D eigenvalue weighted by Gasteiger charge is 2.32. The van der Waals surface area contributed by atoms with Gasteiger partial charge in [-0.3, -0.25) is 9.59 Å². The Bertz CT molecular complexity index is 527. The van der Waals surface area contributed by atoms with E-state index >= 15 is 0 Å². The van der Waals surface area contributed by atoms with Gasteiger partial charge in [-0.15, -0.1) is 0 Å². The van der Waals surface area contributed by atoms with Crippen molar-refractivity contribution in [3.05, 3.63) is 23.8 Å². The molecule has 0 aliphatic rings. The maximum Gasteiger partial charge on any atom is 0.221 e. The van der Waals surface area contributed by atoms with Crippen LogP contribution >= 0.6 is 0 Å². The average molecular weight is 310 g/mol. The van der Waals surface area contributed by atoms with Crippen LogP contribution in [0.5, 0.6) is 11.5 Å². The first-order valence-corrected chi connectivity index (χ1v) is 7.58. The van der Waals surface area contributed by atoms with Crippen LogP contribution < -0.4 is 9.47 Å². The largest absolute Gasteiger partial charge is 0.490 e. The number of hydrogen-bond acceptors (Lipinski definition) is 4. The van der Waals surface area contributed by atoms with Crippen molar-refractivity contribution in [3.8, 4) is 11.5 Å². The molecule has 1 aromatic carbocycles. The molecule has 5 heteroatoms.